The summed E-state index contributed by atoms with van der Waals surface area (Å²) in [5.74, 6) is 0. The maximum absolute atomic E-state index is 12.5. The molecule has 22 heavy (non-hydrogen) atoms. The molecule has 0 aliphatic heterocycles. The van der Waals surface area contributed by atoms with Crippen LogP contribution in [0.2, 0.25) is 0 Å². The molecule has 1 aliphatic carbocycles. The summed E-state index contributed by atoms with van der Waals surface area (Å²) in [6, 6.07) is 6.13. The number of hydrogen-bond donors (Lipinski definition) is 2. The van der Waals surface area contributed by atoms with E-state index >= 15 is 0 Å². The molecule has 4 nitrogen and oxygen atoms in total. The fourth-order valence-corrected chi connectivity index (χ4v) is 2.94. The molecule has 0 unspecified atom stereocenters. The highest BCUT2D eigenvalue weighted by atomic mass is 16.3. The molecule has 2 amide bonds. The van der Waals surface area contributed by atoms with E-state index in [1.54, 1.807) is 4.90 Å². The molecule has 0 atom stereocenters. The van der Waals surface area contributed by atoms with E-state index in [-0.39, 0.29) is 18.1 Å². The van der Waals surface area contributed by atoms with Gasteiger partial charge < -0.3 is 15.3 Å². The van der Waals surface area contributed by atoms with E-state index in [9.17, 15) is 4.79 Å². The first-order valence-electron chi connectivity index (χ1n) is 8.18. The van der Waals surface area contributed by atoms with Gasteiger partial charge in [-0.2, -0.15) is 0 Å². The van der Waals surface area contributed by atoms with Gasteiger partial charge in [0.25, 0.3) is 0 Å². The SMILES string of the molecule is CC(C)(C)CN(CCCO)C(=O)Nc1ccc2c(c1)CCC2. The van der Waals surface area contributed by atoms with Crippen LogP contribution in [0, 0.1) is 5.41 Å². The Balaban J connectivity index is 2.03. The molecule has 0 saturated heterocycles. The van der Waals surface area contributed by atoms with Crippen molar-refractivity contribution < 1.29 is 9.90 Å². The summed E-state index contributed by atoms with van der Waals surface area (Å²) in [5.41, 5.74) is 3.67. The number of hydrogen-bond acceptors (Lipinski definition) is 2. The molecule has 122 valence electrons. The molecule has 1 aromatic rings. The van der Waals surface area contributed by atoms with Gasteiger partial charge in [-0.1, -0.05) is 26.8 Å². The number of aliphatic hydroxyl groups excluding tert-OH is 1. The van der Waals surface area contributed by atoms with Crippen LogP contribution in [0.3, 0.4) is 0 Å². The maximum atomic E-state index is 12.5. The number of nitrogens with zero attached hydrogens (tertiary/aromatic N) is 1. The van der Waals surface area contributed by atoms with E-state index in [0.717, 1.165) is 18.5 Å². The van der Waals surface area contributed by atoms with Crippen LogP contribution >= 0.6 is 0 Å². The number of aliphatic hydroxyl groups is 1. The number of amides is 2. The van der Waals surface area contributed by atoms with Crippen molar-refractivity contribution in [2.75, 3.05) is 25.0 Å². The molecule has 1 aromatic carbocycles. The van der Waals surface area contributed by atoms with Gasteiger partial charge in [-0.05, 0) is 54.4 Å². The lowest BCUT2D eigenvalue weighted by atomic mass is 9.96. The molecule has 1 aliphatic rings. The van der Waals surface area contributed by atoms with Crippen molar-refractivity contribution in [2.45, 2.75) is 46.5 Å². The van der Waals surface area contributed by atoms with Gasteiger partial charge in [-0.15, -0.1) is 0 Å². The standard InChI is InChI=1S/C18H28N2O2/c1-18(2,3)13-20(10-5-11-21)17(22)19-16-9-8-14-6-4-7-15(14)12-16/h8-9,12,21H,4-7,10-11,13H2,1-3H3,(H,19,22). The monoisotopic (exact) mass is 304 g/mol. The van der Waals surface area contributed by atoms with Crippen molar-refractivity contribution in [3.63, 3.8) is 0 Å². The van der Waals surface area contributed by atoms with Gasteiger partial charge in [-0.25, -0.2) is 4.79 Å². The molecule has 2 N–H and O–H groups in total. The first-order chi connectivity index (χ1) is 10.4. The Hall–Kier alpha value is -1.55. The lowest BCUT2D eigenvalue weighted by Gasteiger charge is -2.30. The van der Waals surface area contributed by atoms with Gasteiger partial charge in [0.2, 0.25) is 0 Å². The van der Waals surface area contributed by atoms with Crippen LogP contribution in [0.15, 0.2) is 18.2 Å². The van der Waals surface area contributed by atoms with Gasteiger partial charge >= 0.3 is 6.03 Å². The van der Waals surface area contributed by atoms with E-state index in [1.807, 2.05) is 6.07 Å². The summed E-state index contributed by atoms with van der Waals surface area (Å²) in [5, 5.41) is 12.0. The maximum Gasteiger partial charge on any atom is 0.321 e. The molecule has 2 rings (SSSR count). The molecule has 0 spiro atoms. The third-order valence-electron chi connectivity index (χ3n) is 3.89. The molecule has 4 heteroatoms. The van der Waals surface area contributed by atoms with E-state index < -0.39 is 0 Å². The smallest absolute Gasteiger partial charge is 0.321 e. The summed E-state index contributed by atoms with van der Waals surface area (Å²) in [4.78, 5) is 14.3. The van der Waals surface area contributed by atoms with E-state index in [4.69, 9.17) is 5.11 Å². The van der Waals surface area contributed by atoms with E-state index in [0.29, 0.717) is 19.5 Å². The van der Waals surface area contributed by atoms with Gasteiger partial charge in [0.1, 0.15) is 0 Å². The van der Waals surface area contributed by atoms with Crippen molar-refractivity contribution in [3.05, 3.63) is 29.3 Å². The number of nitrogens with one attached hydrogen (secondary N) is 1. The molecule has 0 saturated carbocycles. The molecule has 0 fully saturated rings. The molecule has 0 heterocycles. The minimum absolute atomic E-state index is 0.0325. The van der Waals surface area contributed by atoms with E-state index in [2.05, 4.69) is 38.2 Å². The summed E-state index contributed by atoms with van der Waals surface area (Å²) in [6.07, 6.45) is 4.07. The van der Waals surface area contributed by atoms with Crippen molar-refractivity contribution in [3.8, 4) is 0 Å². The molecule has 0 radical (unpaired) electrons. The zero-order valence-corrected chi connectivity index (χ0v) is 14.0. The Morgan fingerprint density at radius 1 is 1.27 bits per heavy atom. The summed E-state index contributed by atoms with van der Waals surface area (Å²) in [7, 11) is 0. The van der Waals surface area contributed by atoms with Gasteiger partial charge in [0.05, 0.1) is 0 Å². The highest BCUT2D eigenvalue weighted by Crippen LogP contribution is 2.25. The van der Waals surface area contributed by atoms with Crippen LogP contribution in [0.4, 0.5) is 10.5 Å². The van der Waals surface area contributed by atoms with Crippen LogP contribution in [0.5, 0.6) is 0 Å². The second-order valence-electron chi connectivity index (χ2n) is 7.33. The Labute approximate surface area is 133 Å². The number of benzene rings is 1. The number of anilines is 1. The molecular formula is C18H28N2O2. The molecular weight excluding hydrogens is 276 g/mol. The fourth-order valence-electron chi connectivity index (χ4n) is 2.94. The third kappa shape index (κ3) is 4.73. The predicted octanol–water partition coefficient (Wildman–Crippen LogP) is 3.44. The van der Waals surface area contributed by atoms with Crippen LogP contribution in [-0.4, -0.2) is 35.7 Å². The highest BCUT2D eigenvalue weighted by molar-refractivity contribution is 5.89. The Kier molecular flexibility index (Phi) is 5.46. The fraction of sp³-hybridized carbons (Fsp3) is 0.611. The quantitative estimate of drug-likeness (QED) is 0.875. The number of aryl methyl sites for hydroxylation is 2. The third-order valence-corrected chi connectivity index (χ3v) is 3.89. The minimum atomic E-state index is -0.0821. The minimum Gasteiger partial charge on any atom is -0.396 e. The lowest BCUT2D eigenvalue weighted by Crippen LogP contribution is -2.41. The summed E-state index contributed by atoms with van der Waals surface area (Å²) in [6.45, 7) is 7.69. The van der Waals surface area contributed by atoms with Crippen molar-refractivity contribution in [2.24, 2.45) is 5.41 Å². The average molecular weight is 304 g/mol. The van der Waals surface area contributed by atoms with Crippen molar-refractivity contribution >= 4 is 11.7 Å². The summed E-state index contributed by atoms with van der Waals surface area (Å²) >= 11 is 0. The van der Waals surface area contributed by atoms with E-state index in [1.165, 1.54) is 17.5 Å². The van der Waals surface area contributed by atoms with Gasteiger partial charge in [0, 0.05) is 25.4 Å². The number of carbonyl (C=O) groups excluding carboxylic acids is 1. The summed E-state index contributed by atoms with van der Waals surface area (Å²) < 4.78 is 0. The zero-order chi connectivity index (χ0) is 16.2. The largest absolute Gasteiger partial charge is 0.396 e. The number of fused-ring (bicyclic) bond motifs is 1. The average Bonchev–Trinajstić information content (AvgIpc) is 2.89. The van der Waals surface area contributed by atoms with Crippen molar-refractivity contribution in [1.82, 2.24) is 4.90 Å². The van der Waals surface area contributed by atoms with Crippen LogP contribution in [0.25, 0.3) is 0 Å². The number of urea groups is 1. The van der Waals surface area contributed by atoms with Crippen LogP contribution < -0.4 is 5.32 Å². The zero-order valence-electron chi connectivity index (χ0n) is 14.0. The number of rotatable bonds is 5. The first-order valence-corrected chi connectivity index (χ1v) is 8.18. The van der Waals surface area contributed by atoms with Crippen LogP contribution in [-0.2, 0) is 12.8 Å². The Morgan fingerprint density at radius 3 is 2.68 bits per heavy atom. The lowest BCUT2D eigenvalue weighted by molar-refractivity contribution is 0.176. The topological polar surface area (TPSA) is 52.6 Å². The Bertz CT molecular complexity index is 520. The first kappa shape index (κ1) is 16.8. The second-order valence-corrected chi connectivity index (χ2v) is 7.33. The number of carbonyl (C=O) groups is 1. The normalized spacial score (nSPS) is 13.8. The van der Waals surface area contributed by atoms with Gasteiger partial charge in [0.15, 0.2) is 0 Å². The molecule has 0 aromatic heterocycles. The van der Waals surface area contributed by atoms with Crippen molar-refractivity contribution in [1.29, 1.82) is 0 Å². The Morgan fingerprint density at radius 2 is 2.00 bits per heavy atom. The van der Waals surface area contributed by atoms with Gasteiger partial charge in [-0.3, -0.25) is 0 Å². The predicted molar refractivity (Wildman–Crippen MR) is 90.2 cm³/mol. The van der Waals surface area contributed by atoms with Crippen LogP contribution in [0.1, 0.15) is 44.7 Å². The molecule has 0 bridgehead atoms. The second kappa shape index (κ2) is 7.14. The highest BCUT2D eigenvalue weighted by Gasteiger charge is 2.21.